The van der Waals surface area contributed by atoms with Gasteiger partial charge in [0.2, 0.25) is 5.95 Å². The van der Waals surface area contributed by atoms with E-state index in [9.17, 15) is 13.6 Å². The van der Waals surface area contributed by atoms with Crippen LogP contribution in [0.15, 0.2) is 36.7 Å². The summed E-state index contributed by atoms with van der Waals surface area (Å²) in [6.07, 6.45) is 3.04. The average molecular weight is 342 g/mol. The van der Waals surface area contributed by atoms with Crippen molar-refractivity contribution in [1.82, 2.24) is 15.3 Å². The van der Waals surface area contributed by atoms with Crippen molar-refractivity contribution >= 4 is 22.4 Å². The van der Waals surface area contributed by atoms with Gasteiger partial charge in [0.05, 0.1) is 11.9 Å². The molecular formula is C18H16F2N4O. The van der Waals surface area contributed by atoms with E-state index >= 15 is 0 Å². The quantitative estimate of drug-likeness (QED) is 0.713. The summed E-state index contributed by atoms with van der Waals surface area (Å²) in [4.78, 5) is 19.7. The van der Waals surface area contributed by atoms with Crippen LogP contribution in [-0.2, 0) is 0 Å². The van der Waals surface area contributed by atoms with Gasteiger partial charge in [0.25, 0.3) is 5.91 Å². The van der Waals surface area contributed by atoms with Crippen molar-refractivity contribution in [3.63, 3.8) is 0 Å². The van der Waals surface area contributed by atoms with E-state index in [4.69, 9.17) is 5.73 Å². The molecule has 25 heavy (non-hydrogen) atoms. The van der Waals surface area contributed by atoms with Crippen molar-refractivity contribution in [2.75, 3.05) is 12.3 Å². The van der Waals surface area contributed by atoms with Crippen LogP contribution >= 0.6 is 0 Å². The van der Waals surface area contributed by atoms with Crippen molar-refractivity contribution in [3.05, 3.63) is 54.1 Å². The van der Waals surface area contributed by atoms with Gasteiger partial charge in [0.15, 0.2) is 5.69 Å². The second-order valence-electron chi connectivity index (χ2n) is 5.54. The topological polar surface area (TPSA) is 80.9 Å². The van der Waals surface area contributed by atoms with Crippen molar-refractivity contribution in [2.45, 2.75) is 13.3 Å². The molecule has 1 aromatic carbocycles. The lowest BCUT2D eigenvalue weighted by Crippen LogP contribution is -2.26. The van der Waals surface area contributed by atoms with Crippen LogP contribution in [-0.4, -0.2) is 22.4 Å². The first kappa shape index (κ1) is 16.8. The Labute approximate surface area is 142 Å². The number of nitrogens with zero attached hydrogens (tertiary/aromatic N) is 2. The Morgan fingerprint density at radius 2 is 1.96 bits per heavy atom. The predicted molar refractivity (Wildman–Crippen MR) is 91.9 cm³/mol. The summed E-state index contributed by atoms with van der Waals surface area (Å²) in [5, 5.41) is 3.77. The largest absolute Gasteiger partial charge is 0.396 e. The van der Waals surface area contributed by atoms with E-state index in [0.29, 0.717) is 22.9 Å². The molecule has 0 aliphatic carbocycles. The van der Waals surface area contributed by atoms with Crippen LogP contribution in [0.1, 0.15) is 23.8 Å². The third-order valence-electron chi connectivity index (χ3n) is 3.82. The van der Waals surface area contributed by atoms with Crippen molar-refractivity contribution in [1.29, 1.82) is 0 Å². The van der Waals surface area contributed by atoms with Gasteiger partial charge in [-0.15, -0.1) is 0 Å². The van der Waals surface area contributed by atoms with Gasteiger partial charge in [-0.2, -0.15) is 4.39 Å². The molecule has 128 valence electrons. The molecule has 0 spiro atoms. The van der Waals surface area contributed by atoms with E-state index in [0.717, 1.165) is 18.7 Å². The molecule has 3 N–H and O–H groups in total. The van der Waals surface area contributed by atoms with E-state index < -0.39 is 11.8 Å². The summed E-state index contributed by atoms with van der Waals surface area (Å²) in [5.74, 6) is -1.81. The maximum atomic E-state index is 14.0. The van der Waals surface area contributed by atoms with E-state index in [-0.39, 0.29) is 22.9 Å². The number of anilines is 1. The molecule has 0 unspecified atom stereocenters. The number of aromatic nitrogens is 2. The van der Waals surface area contributed by atoms with E-state index in [1.807, 2.05) is 6.92 Å². The maximum Gasteiger partial charge on any atom is 0.272 e. The highest BCUT2D eigenvalue weighted by Crippen LogP contribution is 2.33. The van der Waals surface area contributed by atoms with Gasteiger partial charge >= 0.3 is 0 Å². The van der Waals surface area contributed by atoms with Crippen LogP contribution in [0.4, 0.5) is 14.5 Å². The first-order valence-electron chi connectivity index (χ1n) is 7.79. The fourth-order valence-corrected chi connectivity index (χ4v) is 2.61. The Hall–Kier alpha value is -3.09. The number of hydrogen-bond donors (Lipinski definition) is 2. The molecule has 0 aliphatic heterocycles. The summed E-state index contributed by atoms with van der Waals surface area (Å²) < 4.78 is 27.5. The number of nitrogen functional groups attached to an aromatic ring is 1. The lowest BCUT2D eigenvalue weighted by Gasteiger charge is -2.12. The van der Waals surface area contributed by atoms with Gasteiger partial charge < -0.3 is 11.1 Å². The molecule has 7 heteroatoms. The van der Waals surface area contributed by atoms with Gasteiger partial charge in [0.1, 0.15) is 5.82 Å². The summed E-state index contributed by atoms with van der Waals surface area (Å²) in [6.45, 7) is 2.45. The summed E-state index contributed by atoms with van der Waals surface area (Å²) in [5.41, 5.74) is 6.81. The molecule has 0 aliphatic rings. The third kappa shape index (κ3) is 3.13. The minimum Gasteiger partial charge on any atom is -0.396 e. The van der Waals surface area contributed by atoms with Crippen molar-refractivity contribution in [3.8, 4) is 11.1 Å². The Morgan fingerprint density at radius 3 is 2.72 bits per heavy atom. The second kappa shape index (κ2) is 6.80. The number of halogens is 2. The summed E-state index contributed by atoms with van der Waals surface area (Å²) in [7, 11) is 0. The number of benzene rings is 1. The predicted octanol–water partition coefficient (Wildman–Crippen LogP) is 3.30. The monoisotopic (exact) mass is 342 g/mol. The molecule has 0 saturated carbocycles. The Kier molecular flexibility index (Phi) is 4.56. The number of rotatable bonds is 4. The van der Waals surface area contributed by atoms with E-state index in [1.54, 1.807) is 18.2 Å². The molecule has 5 nitrogen and oxygen atoms in total. The number of carbonyl (C=O) groups excluding carboxylic acids is 1. The highest BCUT2D eigenvalue weighted by molar-refractivity contribution is 6.09. The minimum absolute atomic E-state index is 0.00924. The smallest absolute Gasteiger partial charge is 0.272 e. The minimum atomic E-state index is -0.794. The van der Waals surface area contributed by atoms with Crippen molar-refractivity contribution in [2.24, 2.45) is 0 Å². The molecule has 0 bridgehead atoms. The van der Waals surface area contributed by atoms with Gasteiger partial charge in [-0.3, -0.25) is 4.79 Å². The van der Waals surface area contributed by atoms with E-state index in [2.05, 4.69) is 15.3 Å². The fourth-order valence-electron chi connectivity index (χ4n) is 2.61. The molecule has 1 amide bonds. The number of hydrogen-bond acceptors (Lipinski definition) is 4. The van der Waals surface area contributed by atoms with Crippen LogP contribution in [0, 0.1) is 11.8 Å². The SMILES string of the molecule is CCCNC(=O)c1ncc2c(-c3cc(F)cnc3F)cccc2c1N. The number of carbonyl (C=O) groups is 1. The molecule has 0 fully saturated rings. The Balaban J connectivity index is 2.16. The zero-order chi connectivity index (χ0) is 18.0. The normalized spacial score (nSPS) is 10.8. The molecule has 0 radical (unpaired) electrons. The number of amides is 1. The van der Waals surface area contributed by atoms with Gasteiger partial charge in [-0.1, -0.05) is 25.1 Å². The molecule has 0 atom stereocenters. The maximum absolute atomic E-state index is 14.0. The molecule has 2 aromatic heterocycles. The van der Waals surface area contributed by atoms with Crippen LogP contribution < -0.4 is 11.1 Å². The number of nitrogens with one attached hydrogen (secondary N) is 1. The van der Waals surface area contributed by atoms with Crippen LogP contribution in [0.25, 0.3) is 21.9 Å². The average Bonchev–Trinajstić information content (AvgIpc) is 2.62. The number of fused-ring (bicyclic) bond motifs is 1. The second-order valence-corrected chi connectivity index (χ2v) is 5.54. The molecule has 2 heterocycles. The van der Waals surface area contributed by atoms with Crippen LogP contribution in [0.2, 0.25) is 0 Å². The lowest BCUT2D eigenvalue weighted by molar-refractivity contribution is 0.0950. The summed E-state index contributed by atoms with van der Waals surface area (Å²) in [6, 6.07) is 6.05. The first-order chi connectivity index (χ1) is 12.0. The fraction of sp³-hybridized carbons (Fsp3) is 0.167. The number of nitrogens with two attached hydrogens (primary N) is 1. The van der Waals surface area contributed by atoms with Crippen LogP contribution in [0.3, 0.4) is 0 Å². The molecule has 3 rings (SSSR count). The zero-order valence-corrected chi connectivity index (χ0v) is 13.5. The third-order valence-corrected chi connectivity index (χ3v) is 3.82. The highest BCUT2D eigenvalue weighted by Gasteiger charge is 2.17. The number of pyridine rings is 2. The highest BCUT2D eigenvalue weighted by atomic mass is 19.1. The molecular weight excluding hydrogens is 326 g/mol. The molecule has 0 saturated heterocycles. The van der Waals surface area contributed by atoms with Gasteiger partial charge in [-0.05, 0) is 18.1 Å². The standard InChI is InChI=1S/C18H16F2N4O/c1-2-6-22-18(25)16-15(21)12-5-3-4-11(14(12)9-23-16)13-7-10(19)8-24-17(13)20/h3-5,7-9H,2,6,21H2,1H3,(H,22,25). The Bertz CT molecular complexity index is 959. The van der Waals surface area contributed by atoms with Crippen LogP contribution in [0.5, 0.6) is 0 Å². The first-order valence-corrected chi connectivity index (χ1v) is 7.79. The van der Waals surface area contributed by atoms with E-state index in [1.165, 1.54) is 6.20 Å². The zero-order valence-electron chi connectivity index (χ0n) is 13.5. The Morgan fingerprint density at radius 1 is 1.16 bits per heavy atom. The van der Waals surface area contributed by atoms with Crippen molar-refractivity contribution < 1.29 is 13.6 Å². The van der Waals surface area contributed by atoms with Gasteiger partial charge in [0, 0.05) is 29.1 Å². The molecule has 3 aromatic rings. The summed E-state index contributed by atoms with van der Waals surface area (Å²) >= 11 is 0. The van der Waals surface area contributed by atoms with Gasteiger partial charge in [-0.25, -0.2) is 14.4 Å². The lowest BCUT2D eigenvalue weighted by atomic mass is 9.99.